The molecule has 0 radical (unpaired) electrons. The van der Waals surface area contributed by atoms with Gasteiger partial charge in [-0.3, -0.25) is 0 Å². The van der Waals surface area contributed by atoms with E-state index in [1.165, 1.54) is 5.56 Å². The second-order valence-electron chi connectivity index (χ2n) is 4.77. The predicted molar refractivity (Wildman–Crippen MR) is 77.2 cm³/mol. The molecule has 3 nitrogen and oxygen atoms in total. The number of aromatic nitrogens is 1. The van der Waals surface area contributed by atoms with E-state index in [1.807, 2.05) is 19.1 Å². The number of pyridine rings is 1. The molecule has 0 amide bonds. The van der Waals surface area contributed by atoms with E-state index >= 15 is 0 Å². The standard InChI is InChI=1S/C15H19N3/c1-10(2)12-4-6-13(7-5-12)18-15-9-8-14(16)11(3)17-15/h4-10H,16H2,1-3H3,(H,17,18). The summed E-state index contributed by atoms with van der Waals surface area (Å²) in [6.07, 6.45) is 0. The van der Waals surface area contributed by atoms with Gasteiger partial charge in [-0.2, -0.15) is 0 Å². The van der Waals surface area contributed by atoms with Crippen molar-refractivity contribution in [3.63, 3.8) is 0 Å². The first-order valence-corrected chi connectivity index (χ1v) is 6.16. The van der Waals surface area contributed by atoms with Gasteiger partial charge in [-0.15, -0.1) is 0 Å². The van der Waals surface area contributed by atoms with Gasteiger partial charge in [0.25, 0.3) is 0 Å². The van der Waals surface area contributed by atoms with Crippen molar-refractivity contribution < 1.29 is 0 Å². The van der Waals surface area contributed by atoms with E-state index in [0.29, 0.717) is 5.92 Å². The average molecular weight is 241 g/mol. The molecule has 3 N–H and O–H groups in total. The maximum atomic E-state index is 5.74. The Morgan fingerprint density at radius 1 is 1.06 bits per heavy atom. The van der Waals surface area contributed by atoms with E-state index in [4.69, 9.17) is 5.73 Å². The lowest BCUT2D eigenvalue weighted by Gasteiger charge is -2.09. The number of anilines is 3. The zero-order valence-electron chi connectivity index (χ0n) is 11.1. The summed E-state index contributed by atoms with van der Waals surface area (Å²) in [6, 6.07) is 12.2. The van der Waals surface area contributed by atoms with Gasteiger partial charge in [-0.05, 0) is 42.7 Å². The SMILES string of the molecule is Cc1nc(Nc2ccc(C(C)C)cc2)ccc1N. The second kappa shape index (κ2) is 5.08. The van der Waals surface area contributed by atoms with E-state index in [1.54, 1.807) is 0 Å². The van der Waals surface area contributed by atoms with Crippen molar-refractivity contribution in [3.05, 3.63) is 47.7 Å². The normalized spacial score (nSPS) is 10.7. The van der Waals surface area contributed by atoms with Crippen molar-refractivity contribution in [2.45, 2.75) is 26.7 Å². The van der Waals surface area contributed by atoms with Crippen LogP contribution in [0, 0.1) is 6.92 Å². The number of aryl methyl sites for hydroxylation is 1. The van der Waals surface area contributed by atoms with Gasteiger partial charge >= 0.3 is 0 Å². The third kappa shape index (κ3) is 2.80. The van der Waals surface area contributed by atoms with Gasteiger partial charge in [0, 0.05) is 5.69 Å². The lowest BCUT2D eigenvalue weighted by Crippen LogP contribution is -1.98. The summed E-state index contributed by atoms with van der Waals surface area (Å²) in [6.45, 7) is 6.28. The molecule has 3 heteroatoms. The van der Waals surface area contributed by atoms with Crippen molar-refractivity contribution in [1.29, 1.82) is 0 Å². The Labute approximate surface area is 108 Å². The number of nitrogen functional groups attached to an aromatic ring is 1. The Bertz CT molecular complexity index is 530. The summed E-state index contributed by atoms with van der Waals surface area (Å²) in [5, 5.41) is 3.27. The maximum absolute atomic E-state index is 5.74. The van der Waals surface area contributed by atoms with Crippen LogP contribution in [0.1, 0.15) is 31.0 Å². The number of hydrogen-bond donors (Lipinski definition) is 2. The van der Waals surface area contributed by atoms with Gasteiger partial charge in [0.1, 0.15) is 5.82 Å². The molecule has 0 atom stereocenters. The highest BCUT2D eigenvalue weighted by atomic mass is 15.0. The fraction of sp³-hybridized carbons (Fsp3) is 0.267. The Morgan fingerprint density at radius 3 is 2.28 bits per heavy atom. The van der Waals surface area contributed by atoms with Crippen LogP contribution >= 0.6 is 0 Å². The van der Waals surface area contributed by atoms with Gasteiger partial charge in [0.15, 0.2) is 0 Å². The number of benzene rings is 1. The number of rotatable bonds is 3. The van der Waals surface area contributed by atoms with Crippen LogP contribution in [0.3, 0.4) is 0 Å². The molecule has 0 fully saturated rings. The molecule has 2 aromatic rings. The van der Waals surface area contributed by atoms with E-state index in [9.17, 15) is 0 Å². The molecule has 0 unspecified atom stereocenters. The molecule has 0 saturated carbocycles. The van der Waals surface area contributed by atoms with E-state index < -0.39 is 0 Å². The van der Waals surface area contributed by atoms with Gasteiger partial charge in [0.2, 0.25) is 0 Å². The summed E-state index contributed by atoms with van der Waals surface area (Å²) in [7, 11) is 0. The van der Waals surface area contributed by atoms with Crippen LogP contribution in [-0.4, -0.2) is 4.98 Å². The molecule has 2 rings (SSSR count). The molecule has 0 aliphatic rings. The van der Waals surface area contributed by atoms with Crippen LogP contribution in [0.15, 0.2) is 36.4 Å². The average Bonchev–Trinajstić information content (AvgIpc) is 2.34. The number of nitrogens with one attached hydrogen (secondary N) is 1. The molecule has 0 aliphatic carbocycles. The van der Waals surface area contributed by atoms with Crippen LogP contribution < -0.4 is 11.1 Å². The highest BCUT2D eigenvalue weighted by molar-refractivity contribution is 5.59. The molecular formula is C15H19N3. The van der Waals surface area contributed by atoms with Crippen molar-refractivity contribution in [3.8, 4) is 0 Å². The van der Waals surface area contributed by atoms with Crippen molar-refractivity contribution >= 4 is 17.2 Å². The summed E-state index contributed by atoms with van der Waals surface area (Å²) >= 11 is 0. The maximum Gasteiger partial charge on any atom is 0.130 e. The highest BCUT2D eigenvalue weighted by Crippen LogP contribution is 2.20. The third-order valence-electron chi connectivity index (χ3n) is 2.98. The van der Waals surface area contributed by atoms with E-state index in [2.05, 4.69) is 48.4 Å². The Hall–Kier alpha value is -2.03. The Kier molecular flexibility index (Phi) is 3.51. The minimum atomic E-state index is 0.552. The monoisotopic (exact) mass is 241 g/mol. The van der Waals surface area contributed by atoms with Crippen molar-refractivity contribution in [1.82, 2.24) is 4.98 Å². The van der Waals surface area contributed by atoms with Gasteiger partial charge in [-0.25, -0.2) is 4.98 Å². The van der Waals surface area contributed by atoms with E-state index in [0.717, 1.165) is 22.9 Å². The fourth-order valence-corrected chi connectivity index (χ4v) is 1.74. The molecule has 0 spiro atoms. The molecule has 1 aromatic heterocycles. The number of nitrogens with zero attached hydrogens (tertiary/aromatic N) is 1. The minimum Gasteiger partial charge on any atom is -0.397 e. The molecule has 1 heterocycles. The molecular weight excluding hydrogens is 222 g/mol. The van der Waals surface area contributed by atoms with Crippen molar-refractivity contribution in [2.75, 3.05) is 11.1 Å². The van der Waals surface area contributed by atoms with Crippen LogP contribution in [-0.2, 0) is 0 Å². The van der Waals surface area contributed by atoms with E-state index in [-0.39, 0.29) is 0 Å². The van der Waals surface area contributed by atoms with Gasteiger partial charge < -0.3 is 11.1 Å². The minimum absolute atomic E-state index is 0.552. The summed E-state index contributed by atoms with van der Waals surface area (Å²) in [4.78, 5) is 4.39. The lowest BCUT2D eigenvalue weighted by atomic mass is 10.0. The first-order chi connectivity index (χ1) is 8.56. The fourth-order valence-electron chi connectivity index (χ4n) is 1.74. The zero-order valence-corrected chi connectivity index (χ0v) is 11.1. The summed E-state index contributed by atoms with van der Waals surface area (Å²) in [5.74, 6) is 1.37. The lowest BCUT2D eigenvalue weighted by molar-refractivity contribution is 0.867. The van der Waals surface area contributed by atoms with Crippen LogP contribution in [0.4, 0.5) is 17.2 Å². The molecule has 0 saturated heterocycles. The van der Waals surface area contributed by atoms with Crippen LogP contribution in [0.2, 0.25) is 0 Å². The first-order valence-electron chi connectivity index (χ1n) is 6.16. The highest BCUT2D eigenvalue weighted by Gasteiger charge is 2.01. The largest absolute Gasteiger partial charge is 0.397 e. The molecule has 94 valence electrons. The Morgan fingerprint density at radius 2 is 1.72 bits per heavy atom. The third-order valence-corrected chi connectivity index (χ3v) is 2.98. The number of nitrogens with two attached hydrogens (primary N) is 1. The van der Waals surface area contributed by atoms with Crippen molar-refractivity contribution in [2.24, 2.45) is 0 Å². The second-order valence-corrected chi connectivity index (χ2v) is 4.77. The Balaban J connectivity index is 2.15. The summed E-state index contributed by atoms with van der Waals surface area (Å²) in [5.41, 5.74) is 9.68. The molecule has 18 heavy (non-hydrogen) atoms. The van der Waals surface area contributed by atoms with Crippen LogP contribution in [0.5, 0.6) is 0 Å². The smallest absolute Gasteiger partial charge is 0.130 e. The predicted octanol–water partition coefficient (Wildman–Crippen LogP) is 3.84. The first kappa shape index (κ1) is 12.4. The zero-order chi connectivity index (χ0) is 13.1. The molecule has 0 bridgehead atoms. The number of hydrogen-bond acceptors (Lipinski definition) is 3. The summed E-state index contributed by atoms with van der Waals surface area (Å²) < 4.78 is 0. The quantitative estimate of drug-likeness (QED) is 0.858. The topological polar surface area (TPSA) is 50.9 Å². The van der Waals surface area contributed by atoms with Crippen LogP contribution in [0.25, 0.3) is 0 Å². The molecule has 1 aromatic carbocycles. The van der Waals surface area contributed by atoms with Gasteiger partial charge in [0.05, 0.1) is 11.4 Å². The molecule has 0 aliphatic heterocycles. The van der Waals surface area contributed by atoms with Gasteiger partial charge in [-0.1, -0.05) is 26.0 Å².